The second-order valence-corrected chi connectivity index (χ2v) is 6.86. The first-order valence-electron chi connectivity index (χ1n) is 9.51. The lowest BCUT2D eigenvalue weighted by Gasteiger charge is -2.12. The molecule has 0 aliphatic rings. The maximum absolute atomic E-state index is 12.5. The number of hydrogen-bond donors (Lipinski definition) is 2. The molecule has 0 aliphatic carbocycles. The van der Waals surface area contributed by atoms with Gasteiger partial charge in [-0.3, -0.25) is 14.4 Å². The molecular formula is C21H19N7O3. The second-order valence-electron chi connectivity index (χ2n) is 6.86. The number of carbonyl (C=O) groups excluding carboxylic acids is 2. The van der Waals surface area contributed by atoms with Crippen LogP contribution in [0.25, 0.3) is 10.8 Å². The molecule has 2 amide bonds. The summed E-state index contributed by atoms with van der Waals surface area (Å²) in [6.45, 7) is 1.50. The van der Waals surface area contributed by atoms with E-state index in [-0.39, 0.29) is 23.9 Å². The van der Waals surface area contributed by atoms with Crippen molar-refractivity contribution in [3.8, 4) is 0 Å². The highest BCUT2D eigenvalue weighted by Crippen LogP contribution is 2.15. The van der Waals surface area contributed by atoms with Crippen molar-refractivity contribution in [3.05, 3.63) is 77.7 Å². The summed E-state index contributed by atoms with van der Waals surface area (Å²) >= 11 is 0. The van der Waals surface area contributed by atoms with Crippen LogP contribution in [0.1, 0.15) is 13.0 Å². The number of nitrogens with zero attached hydrogens (tertiary/aromatic N) is 5. The van der Waals surface area contributed by atoms with Crippen LogP contribution >= 0.6 is 0 Å². The van der Waals surface area contributed by atoms with Crippen molar-refractivity contribution in [1.29, 1.82) is 0 Å². The van der Waals surface area contributed by atoms with Crippen LogP contribution in [0.3, 0.4) is 0 Å². The molecule has 2 heterocycles. The Morgan fingerprint density at radius 3 is 2.42 bits per heavy atom. The van der Waals surface area contributed by atoms with Crippen LogP contribution in [-0.2, 0) is 16.1 Å². The Bertz CT molecular complexity index is 1280. The van der Waals surface area contributed by atoms with Gasteiger partial charge in [0.05, 0.1) is 11.6 Å². The third-order valence-electron chi connectivity index (χ3n) is 4.70. The molecule has 156 valence electrons. The molecule has 0 radical (unpaired) electrons. The summed E-state index contributed by atoms with van der Waals surface area (Å²) in [4.78, 5) is 41.0. The second kappa shape index (κ2) is 8.57. The molecule has 0 spiro atoms. The van der Waals surface area contributed by atoms with Crippen LogP contribution in [0, 0.1) is 0 Å². The van der Waals surface area contributed by atoms with Gasteiger partial charge in [0.2, 0.25) is 11.8 Å². The molecule has 0 saturated carbocycles. The van der Waals surface area contributed by atoms with Crippen molar-refractivity contribution >= 4 is 34.0 Å². The maximum atomic E-state index is 12.5. The number of benzene rings is 2. The zero-order valence-electron chi connectivity index (χ0n) is 16.6. The lowest BCUT2D eigenvalue weighted by molar-refractivity contribution is -0.119. The highest BCUT2D eigenvalue weighted by atomic mass is 16.2. The van der Waals surface area contributed by atoms with E-state index in [1.165, 1.54) is 17.3 Å². The minimum Gasteiger partial charge on any atom is -0.324 e. The summed E-state index contributed by atoms with van der Waals surface area (Å²) in [5.74, 6) is -0.634. The van der Waals surface area contributed by atoms with Gasteiger partial charge in [-0.05, 0) is 37.3 Å². The van der Waals surface area contributed by atoms with Gasteiger partial charge in [-0.2, -0.15) is 10.2 Å². The van der Waals surface area contributed by atoms with Gasteiger partial charge in [-0.1, -0.05) is 18.2 Å². The van der Waals surface area contributed by atoms with Crippen molar-refractivity contribution in [2.75, 3.05) is 10.6 Å². The van der Waals surface area contributed by atoms with Gasteiger partial charge in [0.1, 0.15) is 25.2 Å². The number of hydrogen-bond acceptors (Lipinski definition) is 6. The Morgan fingerprint density at radius 2 is 1.71 bits per heavy atom. The third kappa shape index (κ3) is 4.47. The molecule has 2 aromatic heterocycles. The maximum Gasteiger partial charge on any atom is 0.275 e. The first-order chi connectivity index (χ1) is 15.0. The molecule has 0 aliphatic heterocycles. The molecule has 0 saturated heterocycles. The number of rotatable bonds is 6. The predicted molar refractivity (Wildman–Crippen MR) is 114 cm³/mol. The van der Waals surface area contributed by atoms with E-state index in [2.05, 4.69) is 25.8 Å². The summed E-state index contributed by atoms with van der Waals surface area (Å²) in [6.07, 6.45) is 4.39. The Hall–Kier alpha value is -4.34. The van der Waals surface area contributed by atoms with Gasteiger partial charge in [-0.25, -0.2) is 14.3 Å². The van der Waals surface area contributed by atoms with E-state index in [0.29, 0.717) is 16.8 Å². The van der Waals surface area contributed by atoms with Crippen LogP contribution in [0.5, 0.6) is 0 Å². The van der Waals surface area contributed by atoms with Gasteiger partial charge >= 0.3 is 0 Å². The van der Waals surface area contributed by atoms with E-state index in [0.717, 1.165) is 10.1 Å². The third-order valence-corrected chi connectivity index (χ3v) is 4.70. The number of fused-ring (bicyclic) bond motifs is 1. The molecule has 1 atom stereocenters. The number of aromatic nitrogens is 5. The smallest absolute Gasteiger partial charge is 0.275 e. The van der Waals surface area contributed by atoms with E-state index in [4.69, 9.17) is 0 Å². The molecule has 0 fully saturated rings. The van der Waals surface area contributed by atoms with E-state index in [9.17, 15) is 14.4 Å². The molecule has 4 rings (SSSR count). The van der Waals surface area contributed by atoms with Crippen molar-refractivity contribution < 1.29 is 9.59 Å². The first kappa shape index (κ1) is 20.0. The molecule has 0 bridgehead atoms. The highest BCUT2D eigenvalue weighted by Gasteiger charge is 2.15. The zero-order valence-corrected chi connectivity index (χ0v) is 16.6. The fourth-order valence-corrected chi connectivity index (χ4v) is 3.00. The molecule has 1 unspecified atom stereocenters. The van der Waals surface area contributed by atoms with Gasteiger partial charge in [-0.15, -0.1) is 0 Å². The fraction of sp³-hybridized carbons (Fsp3) is 0.143. The van der Waals surface area contributed by atoms with Crippen LogP contribution in [0.15, 0.2) is 72.2 Å². The molecule has 10 heteroatoms. The predicted octanol–water partition coefficient (Wildman–Crippen LogP) is 1.83. The van der Waals surface area contributed by atoms with Crippen LogP contribution in [-0.4, -0.2) is 36.4 Å². The van der Waals surface area contributed by atoms with Gasteiger partial charge in [0.15, 0.2) is 0 Å². The van der Waals surface area contributed by atoms with Crippen LogP contribution in [0.2, 0.25) is 0 Å². The molecule has 4 aromatic rings. The quantitative estimate of drug-likeness (QED) is 0.493. The number of carbonyl (C=O) groups is 2. The SMILES string of the molecule is CC(C(=O)Nc1ccc(NC(=O)Cn2ncc3ccccc3c2=O)cc1)n1cncn1. The van der Waals surface area contributed by atoms with E-state index < -0.39 is 6.04 Å². The standard InChI is InChI=1S/C21H19N7O3/c1-14(28-13-22-12-24-28)20(30)26-17-8-6-16(7-9-17)25-19(29)11-27-21(31)18-5-3-2-4-15(18)10-23-27/h2-10,12-14H,11H2,1H3,(H,25,29)(H,26,30). The van der Waals surface area contributed by atoms with Gasteiger partial charge < -0.3 is 10.6 Å². The average molecular weight is 417 g/mol. The first-order valence-corrected chi connectivity index (χ1v) is 9.51. The summed E-state index contributed by atoms with van der Waals surface area (Å²) in [5.41, 5.74) is 0.774. The average Bonchev–Trinajstić information content (AvgIpc) is 3.31. The summed E-state index contributed by atoms with van der Waals surface area (Å²) < 4.78 is 2.57. The normalized spacial score (nSPS) is 11.8. The van der Waals surface area contributed by atoms with Crippen molar-refractivity contribution in [3.63, 3.8) is 0 Å². The largest absolute Gasteiger partial charge is 0.324 e. The van der Waals surface area contributed by atoms with Crippen molar-refractivity contribution in [2.45, 2.75) is 19.5 Å². The lowest BCUT2D eigenvalue weighted by Crippen LogP contribution is -2.29. The summed E-state index contributed by atoms with van der Waals surface area (Å²) in [7, 11) is 0. The summed E-state index contributed by atoms with van der Waals surface area (Å²) in [5, 5.41) is 14.7. The van der Waals surface area contributed by atoms with Crippen molar-refractivity contribution in [1.82, 2.24) is 24.5 Å². The molecule has 10 nitrogen and oxygen atoms in total. The zero-order chi connectivity index (χ0) is 21.8. The Balaban J connectivity index is 1.38. The number of amides is 2. The number of anilines is 2. The van der Waals surface area contributed by atoms with Crippen molar-refractivity contribution in [2.24, 2.45) is 0 Å². The van der Waals surface area contributed by atoms with Crippen LogP contribution in [0.4, 0.5) is 11.4 Å². The Morgan fingerprint density at radius 1 is 1.00 bits per heavy atom. The molecular weight excluding hydrogens is 398 g/mol. The van der Waals surface area contributed by atoms with E-state index in [1.807, 2.05) is 6.07 Å². The molecule has 2 N–H and O–H groups in total. The topological polar surface area (TPSA) is 124 Å². The molecule has 31 heavy (non-hydrogen) atoms. The fourth-order valence-electron chi connectivity index (χ4n) is 3.00. The van der Waals surface area contributed by atoms with Crippen LogP contribution < -0.4 is 16.2 Å². The lowest BCUT2D eigenvalue weighted by atomic mass is 10.2. The minimum atomic E-state index is -0.519. The van der Waals surface area contributed by atoms with Gasteiger partial charge in [0, 0.05) is 16.8 Å². The van der Waals surface area contributed by atoms with Gasteiger partial charge in [0.25, 0.3) is 5.56 Å². The monoisotopic (exact) mass is 417 g/mol. The van der Waals surface area contributed by atoms with E-state index in [1.54, 1.807) is 55.6 Å². The minimum absolute atomic E-state index is 0.211. The molecule has 2 aromatic carbocycles. The van der Waals surface area contributed by atoms with E-state index >= 15 is 0 Å². The Kier molecular flexibility index (Phi) is 5.52. The Labute approximate surface area is 176 Å². The summed E-state index contributed by atoms with van der Waals surface area (Å²) in [6, 6.07) is 13.2. The number of nitrogens with one attached hydrogen (secondary N) is 2. The highest BCUT2D eigenvalue weighted by molar-refractivity contribution is 5.94.